The molecule has 0 aromatic rings. The SMILES string of the molecule is CCOC(=O)CCC(=O)C1CCCC(CC)C1. The Balaban J connectivity index is 2.29. The normalized spacial score (nSPS) is 24.4. The van der Waals surface area contributed by atoms with Gasteiger partial charge in [0.15, 0.2) is 0 Å². The van der Waals surface area contributed by atoms with E-state index >= 15 is 0 Å². The summed E-state index contributed by atoms with van der Waals surface area (Å²) in [6, 6.07) is 0. The van der Waals surface area contributed by atoms with Crippen molar-refractivity contribution in [3.63, 3.8) is 0 Å². The van der Waals surface area contributed by atoms with Crippen molar-refractivity contribution < 1.29 is 14.3 Å². The van der Waals surface area contributed by atoms with Gasteiger partial charge in [0.05, 0.1) is 13.0 Å². The first-order valence-corrected chi connectivity index (χ1v) is 6.85. The Bertz CT molecular complexity index is 260. The summed E-state index contributed by atoms with van der Waals surface area (Å²) in [5, 5.41) is 0. The van der Waals surface area contributed by atoms with Crippen LogP contribution < -0.4 is 0 Å². The van der Waals surface area contributed by atoms with E-state index in [0.29, 0.717) is 18.9 Å². The Morgan fingerprint density at radius 1 is 1.18 bits per heavy atom. The molecule has 1 rings (SSSR count). The lowest BCUT2D eigenvalue weighted by Gasteiger charge is -2.27. The van der Waals surface area contributed by atoms with E-state index in [0.717, 1.165) is 19.3 Å². The van der Waals surface area contributed by atoms with Crippen molar-refractivity contribution >= 4 is 11.8 Å². The zero-order valence-corrected chi connectivity index (χ0v) is 11.0. The molecule has 2 atom stereocenters. The molecule has 1 aliphatic rings. The Kier molecular flexibility index (Phi) is 6.23. The van der Waals surface area contributed by atoms with Gasteiger partial charge in [0.1, 0.15) is 5.78 Å². The maximum Gasteiger partial charge on any atom is 0.306 e. The first-order valence-electron chi connectivity index (χ1n) is 6.85. The summed E-state index contributed by atoms with van der Waals surface area (Å²) in [5.74, 6) is 0.920. The maximum absolute atomic E-state index is 12.0. The number of hydrogen-bond acceptors (Lipinski definition) is 3. The van der Waals surface area contributed by atoms with Gasteiger partial charge >= 0.3 is 5.97 Å². The van der Waals surface area contributed by atoms with Crippen molar-refractivity contribution in [2.75, 3.05) is 6.61 Å². The number of ether oxygens (including phenoxy) is 1. The van der Waals surface area contributed by atoms with Crippen molar-refractivity contribution in [2.24, 2.45) is 11.8 Å². The Labute approximate surface area is 104 Å². The molecule has 3 heteroatoms. The standard InChI is InChI=1S/C14H24O3/c1-3-11-6-5-7-12(10-11)13(15)8-9-14(16)17-4-2/h11-12H,3-10H2,1-2H3. The van der Waals surface area contributed by atoms with Gasteiger partial charge in [-0.2, -0.15) is 0 Å². The van der Waals surface area contributed by atoms with Crippen LogP contribution >= 0.6 is 0 Å². The Morgan fingerprint density at radius 2 is 1.94 bits per heavy atom. The average Bonchev–Trinajstić information content (AvgIpc) is 2.36. The molecule has 1 saturated carbocycles. The van der Waals surface area contributed by atoms with E-state index in [1.165, 1.54) is 12.8 Å². The fourth-order valence-corrected chi connectivity index (χ4v) is 2.62. The molecule has 0 aliphatic heterocycles. The number of carbonyl (C=O) groups excluding carboxylic acids is 2. The van der Waals surface area contributed by atoms with Crippen LogP contribution in [0.2, 0.25) is 0 Å². The van der Waals surface area contributed by atoms with Crippen molar-refractivity contribution in [3.05, 3.63) is 0 Å². The third-order valence-electron chi connectivity index (χ3n) is 3.70. The van der Waals surface area contributed by atoms with Crippen LogP contribution in [0, 0.1) is 11.8 Å². The summed E-state index contributed by atoms with van der Waals surface area (Å²) in [7, 11) is 0. The zero-order chi connectivity index (χ0) is 12.7. The number of carbonyl (C=O) groups is 2. The Hall–Kier alpha value is -0.860. The van der Waals surface area contributed by atoms with Gasteiger partial charge in [-0.1, -0.05) is 26.2 Å². The minimum atomic E-state index is -0.247. The molecule has 0 N–H and O–H groups in total. The summed E-state index contributed by atoms with van der Waals surface area (Å²) in [6.45, 7) is 4.37. The van der Waals surface area contributed by atoms with E-state index in [9.17, 15) is 9.59 Å². The molecular formula is C14H24O3. The van der Waals surface area contributed by atoms with Crippen molar-refractivity contribution in [3.8, 4) is 0 Å². The second-order valence-corrected chi connectivity index (χ2v) is 4.91. The number of esters is 1. The number of hydrogen-bond donors (Lipinski definition) is 0. The van der Waals surface area contributed by atoms with Crippen molar-refractivity contribution in [2.45, 2.75) is 58.8 Å². The number of ketones is 1. The first-order chi connectivity index (χ1) is 8.17. The summed E-state index contributed by atoms with van der Waals surface area (Å²) in [4.78, 5) is 23.1. The van der Waals surface area contributed by atoms with Crippen LogP contribution in [0.4, 0.5) is 0 Å². The highest BCUT2D eigenvalue weighted by molar-refractivity contribution is 5.84. The Morgan fingerprint density at radius 3 is 2.59 bits per heavy atom. The molecule has 1 aliphatic carbocycles. The second kappa shape index (κ2) is 7.46. The van der Waals surface area contributed by atoms with Crippen LogP contribution in [0.25, 0.3) is 0 Å². The van der Waals surface area contributed by atoms with E-state index in [1.807, 2.05) is 0 Å². The first kappa shape index (κ1) is 14.2. The maximum atomic E-state index is 12.0. The fourth-order valence-electron chi connectivity index (χ4n) is 2.62. The summed E-state index contributed by atoms with van der Waals surface area (Å²) >= 11 is 0. The quantitative estimate of drug-likeness (QED) is 0.670. The van der Waals surface area contributed by atoms with Gasteiger partial charge in [0.2, 0.25) is 0 Å². The third kappa shape index (κ3) is 4.88. The minimum absolute atomic E-state index is 0.197. The van der Waals surface area contributed by atoms with Crippen LogP contribution in [0.15, 0.2) is 0 Å². The molecule has 0 heterocycles. The van der Waals surface area contributed by atoms with Crippen molar-refractivity contribution in [1.29, 1.82) is 0 Å². The van der Waals surface area contributed by atoms with Gasteiger partial charge in [-0.25, -0.2) is 0 Å². The molecule has 3 nitrogen and oxygen atoms in total. The monoisotopic (exact) mass is 240 g/mol. The smallest absolute Gasteiger partial charge is 0.306 e. The van der Waals surface area contributed by atoms with Gasteiger partial charge in [-0.05, 0) is 25.7 Å². The summed E-state index contributed by atoms with van der Waals surface area (Å²) in [6.07, 6.45) is 6.24. The van der Waals surface area contributed by atoms with Crippen LogP contribution in [0.5, 0.6) is 0 Å². The van der Waals surface area contributed by atoms with Crippen LogP contribution in [-0.4, -0.2) is 18.4 Å². The molecule has 1 fully saturated rings. The molecule has 0 radical (unpaired) electrons. The molecule has 0 aromatic carbocycles. The molecule has 0 amide bonds. The second-order valence-electron chi connectivity index (χ2n) is 4.91. The van der Waals surface area contributed by atoms with Crippen molar-refractivity contribution in [1.82, 2.24) is 0 Å². The highest BCUT2D eigenvalue weighted by Crippen LogP contribution is 2.32. The van der Waals surface area contributed by atoms with Gasteiger partial charge in [0, 0.05) is 12.3 Å². The highest BCUT2D eigenvalue weighted by Gasteiger charge is 2.26. The largest absolute Gasteiger partial charge is 0.466 e. The van der Waals surface area contributed by atoms with E-state index in [2.05, 4.69) is 6.92 Å². The van der Waals surface area contributed by atoms with Crippen LogP contribution in [0.1, 0.15) is 58.8 Å². The lowest BCUT2D eigenvalue weighted by molar-refractivity contribution is -0.144. The van der Waals surface area contributed by atoms with Gasteiger partial charge in [0.25, 0.3) is 0 Å². The highest BCUT2D eigenvalue weighted by atomic mass is 16.5. The topological polar surface area (TPSA) is 43.4 Å². The summed E-state index contributed by atoms with van der Waals surface area (Å²) in [5.41, 5.74) is 0. The summed E-state index contributed by atoms with van der Waals surface area (Å²) < 4.78 is 4.83. The van der Waals surface area contributed by atoms with Gasteiger partial charge < -0.3 is 4.74 Å². The van der Waals surface area contributed by atoms with Gasteiger partial charge in [-0.15, -0.1) is 0 Å². The molecule has 0 aromatic heterocycles. The number of Topliss-reactive ketones (excluding diaryl/α,β-unsaturated/α-hetero) is 1. The molecular weight excluding hydrogens is 216 g/mol. The van der Waals surface area contributed by atoms with E-state index in [1.54, 1.807) is 6.92 Å². The van der Waals surface area contributed by atoms with E-state index < -0.39 is 0 Å². The molecule has 2 unspecified atom stereocenters. The molecule has 0 saturated heterocycles. The predicted molar refractivity (Wildman–Crippen MR) is 66.6 cm³/mol. The predicted octanol–water partition coefficient (Wildman–Crippen LogP) is 3.12. The lowest BCUT2D eigenvalue weighted by atomic mass is 9.77. The van der Waals surface area contributed by atoms with Crippen LogP contribution in [0.3, 0.4) is 0 Å². The molecule has 98 valence electrons. The zero-order valence-electron chi connectivity index (χ0n) is 11.0. The minimum Gasteiger partial charge on any atom is -0.466 e. The van der Waals surface area contributed by atoms with E-state index in [4.69, 9.17) is 4.74 Å². The lowest BCUT2D eigenvalue weighted by Crippen LogP contribution is -2.23. The molecule has 0 spiro atoms. The van der Waals surface area contributed by atoms with Crippen LogP contribution in [-0.2, 0) is 14.3 Å². The molecule has 0 bridgehead atoms. The third-order valence-corrected chi connectivity index (χ3v) is 3.70. The van der Waals surface area contributed by atoms with Gasteiger partial charge in [-0.3, -0.25) is 9.59 Å². The average molecular weight is 240 g/mol. The number of rotatable bonds is 6. The fraction of sp³-hybridized carbons (Fsp3) is 0.857. The molecule has 17 heavy (non-hydrogen) atoms. The van der Waals surface area contributed by atoms with E-state index in [-0.39, 0.29) is 24.1 Å².